The molecule has 1 aromatic carbocycles. The molecule has 0 heterocycles. The maximum Gasteiger partial charge on any atom is 0.319 e. The maximum atomic E-state index is 13.2. The number of halogens is 1. The number of carboxylic acids is 1. The highest BCUT2D eigenvalue weighted by Crippen LogP contribution is 2.46. The predicted octanol–water partition coefficient (Wildman–Crippen LogP) is 1.31. The Morgan fingerprint density at radius 3 is 2.53 bits per heavy atom. The number of benzene rings is 1. The molecule has 1 fully saturated rings. The predicted molar refractivity (Wildman–Crippen MR) is 57.5 cm³/mol. The Labute approximate surface area is 97.4 Å². The summed E-state index contributed by atoms with van der Waals surface area (Å²) in [4.78, 5) is 22.5. The minimum absolute atomic E-state index is 0.0144. The first kappa shape index (κ1) is 11.6. The fourth-order valence-electron chi connectivity index (χ4n) is 1.65. The number of hydrogen-bond donors (Lipinski definition) is 2. The van der Waals surface area contributed by atoms with E-state index in [4.69, 9.17) is 5.11 Å². The van der Waals surface area contributed by atoms with Crippen LogP contribution in [0.2, 0.25) is 0 Å². The normalized spacial score (nSPS) is 16.3. The van der Waals surface area contributed by atoms with E-state index in [1.54, 1.807) is 18.2 Å². The van der Waals surface area contributed by atoms with Crippen molar-refractivity contribution in [2.24, 2.45) is 5.41 Å². The Balaban J connectivity index is 1.98. The Morgan fingerprint density at radius 2 is 2.00 bits per heavy atom. The van der Waals surface area contributed by atoms with Crippen molar-refractivity contribution in [3.05, 3.63) is 35.6 Å². The Morgan fingerprint density at radius 1 is 1.35 bits per heavy atom. The highest BCUT2D eigenvalue weighted by atomic mass is 19.1. The van der Waals surface area contributed by atoms with Gasteiger partial charge in [0.2, 0.25) is 5.91 Å². The smallest absolute Gasteiger partial charge is 0.319 e. The second-order valence-corrected chi connectivity index (χ2v) is 4.16. The zero-order valence-electron chi connectivity index (χ0n) is 9.07. The lowest BCUT2D eigenvalue weighted by molar-refractivity contribution is -0.149. The molecule has 5 heteroatoms. The molecule has 0 bridgehead atoms. The molecule has 17 heavy (non-hydrogen) atoms. The molecular weight excluding hydrogens is 225 g/mol. The van der Waals surface area contributed by atoms with Crippen LogP contribution in [0, 0.1) is 11.2 Å². The summed E-state index contributed by atoms with van der Waals surface area (Å²) < 4.78 is 13.2. The molecule has 0 radical (unpaired) electrons. The maximum absolute atomic E-state index is 13.2. The molecule has 1 saturated carbocycles. The topological polar surface area (TPSA) is 66.4 Å². The van der Waals surface area contributed by atoms with Crippen LogP contribution in [-0.2, 0) is 16.1 Å². The van der Waals surface area contributed by atoms with Crippen molar-refractivity contribution in [3.8, 4) is 0 Å². The van der Waals surface area contributed by atoms with Gasteiger partial charge in [-0.15, -0.1) is 0 Å². The summed E-state index contributed by atoms with van der Waals surface area (Å²) in [5, 5.41) is 11.4. The van der Waals surface area contributed by atoms with Crippen molar-refractivity contribution in [2.75, 3.05) is 0 Å². The van der Waals surface area contributed by atoms with Gasteiger partial charge in [-0.05, 0) is 18.9 Å². The van der Waals surface area contributed by atoms with Crippen LogP contribution in [0.4, 0.5) is 4.39 Å². The van der Waals surface area contributed by atoms with Gasteiger partial charge in [0.05, 0.1) is 0 Å². The van der Waals surface area contributed by atoms with E-state index >= 15 is 0 Å². The number of carboxylic acid groups (broad SMARTS) is 1. The van der Waals surface area contributed by atoms with Crippen LogP contribution in [0.5, 0.6) is 0 Å². The van der Waals surface area contributed by atoms with Crippen molar-refractivity contribution < 1.29 is 19.1 Å². The van der Waals surface area contributed by atoms with Crippen LogP contribution in [0.15, 0.2) is 24.3 Å². The van der Waals surface area contributed by atoms with Crippen LogP contribution in [0.3, 0.4) is 0 Å². The van der Waals surface area contributed by atoms with E-state index in [1.165, 1.54) is 6.07 Å². The van der Waals surface area contributed by atoms with E-state index < -0.39 is 23.1 Å². The Kier molecular flexibility index (Phi) is 2.83. The molecule has 1 aliphatic carbocycles. The molecular formula is C12H12FNO3. The van der Waals surface area contributed by atoms with Crippen LogP contribution in [0.25, 0.3) is 0 Å². The lowest BCUT2D eigenvalue weighted by Crippen LogP contribution is -2.36. The summed E-state index contributed by atoms with van der Waals surface area (Å²) in [6.45, 7) is 0.0144. The van der Waals surface area contributed by atoms with Gasteiger partial charge in [-0.2, -0.15) is 0 Å². The number of aliphatic carboxylic acids is 1. The van der Waals surface area contributed by atoms with E-state index in [0.29, 0.717) is 18.4 Å². The van der Waals surface area contributed by atoms with Crippen LogP contribution in [-0.4, -0.2) is 17.0 Å². The van der Waals surface area contributed by atoms with E-state index in [-0.39, 0.29) is 6.54 Å². The van der Waals surface area contributed by atoms with E-state index in [2.05, 4.69) is 5.32 Å². The average Bonchev–Trinajstić information content (AvgIpc) is 3.08. The largest absolute Gasteiger partial charge is 0.480 e. The second kappa shape index (κ2) is 4.16. The quantitative estimate of drug-likeness (QED) is 0.776. The molecule has 90 valence electrons. The summed E-state index contributed by atoms with van der Waals surface area (Å²) in [5.41, 5.74) is -0.923. The average molecular weight is 237 g/mol. The molecule has 0 unspecified atom stereocenters. The molecule has 1 aromatic rings. The van der Waals surface area contributed by atoms with Crippen molar-refractivity contribution in [1.82, 2.24) is 5.32 Å². The number of nitrogens with one attached hydrogen (secondary N) is 1. The molecule has 0 aromatic heterocycles. The number of rotatable bonds is 4. The summed E-state index contributed by atoms with van der Waals surface area (Å²) in [6.07, 6.45) is 0.705. The molecule has 4 nitrogen and oxygen atoms in total. The summed E-state index contributed by atoms with van der Waals surface area (Å²) in [7, 11) is 0. The second-order valence-electron chi connectivity index (χ2n) is 4.16. The van der Waals surface area contributed by atoms with Gasteiger partial charge in [-0.1, -0.05) is 18.2 Å². The van der Waals surface area contributed by atoms with Gasteiger partial charge in [0.1, 0.15) is 11.2 Å². The third-order valence-electron chi connectivity index (χ3n) is 2.99. The van der Waals surface area contributed by atoms with Crippen LogP contribution in [0.1, 0.15) is 18.4 Å². The van der Waals surface area contributed by atoms with Gasteiger partial charge >= 0.3 is 5.97 Å². The highest BCUT2D eigenvalue weighted by molar-refractivity contribution is 6.04. The lowest BCUT2D eigenvalue weighted by Gasteiger charge is -2.11. The minimum Gasteiger partial charge on any atom is -0.480 e. The molecule has 2 N–H and O–H groups in total. The first-order valence-electron chi connectivity index (χ1n) is 5.31. The van der Waals surface area contributed by atoms with E-state index in [1.807, 2.05) is 0 Å². The first-order valence-corrected chi connectivity index (χ1v) is 5.31. The molecule has 0 aliphatic heterocycles. The molecule has 0 atom stereocenters. The molecule has 1 aliphatic rings. The minimum atomic E-state index is -1.27. The number of carbonyl (C=O) groups is 2. The van der Waals surface area contributed by atoms with Crippen molar-refractivity contribution in [1.29, 1.82) is 0 Å². The van der Waals surface area contributed by atoms with E-state index in [0.717, 1.165) is 0 Å². The van der Waals surface area contributed by atoms with Crippen molar-refractivity contribution in [2.45, 2.75) is 19.4 Å². The Hall–Kier alpha value is -1.91. The number of hydrogen-bond acceptors (Lipinski definition) is 2. The third-order valence-corrected chi connectivity index (χ3v) is 2.99. The number of amides is 1. The zero-order chi connectivity index (χ0) is 12.5. The van der Waals surface area contributed by atoms with Gasteiger partial charge in [-0.3, -0.25) is 9.59 Å². The Bertz CT molecular complexity index is 469. The lowest BCUT2D eigenvalue weighted by atomic mass is 10.1. The SMILES string of the molecule is O=C(O)C1(C(=O)NCc2ccccc2F)CC1. The first-order chi connectivity index (χ1) is 8.06. The number of carbonyl (C=O) groups excluding carboxylic acids is 1. The van der Waals surface area contributed by atoms with Crippen molar-refractivity contribution in [3.63, 3.8) is 0 Å². The molecule has 2 rings (SSSR count). The molecule has 0 spiro atoms. The van der Waals surface area contributed by atoms with Gasteiger partial charge < -0.3 is 10.4 Å². The summed E-state index contributed by atoms with van der Waals surface area (Å²) in [5.74, 6) is -2.05. The van der Waals surface area contributed by atoms with Crippen molar-refractivity contribution >= 4 is 11.9 Å². The van der Waals surface area contributed by atoms with E-state index in [9.17, 15) is 14.0 Å². The summed E-state index contributed by atoms with van der Waals surface area (Å²) in [6, 6.07) is 6.07. The van der Waals surface area contributed by atoms with Crippen LogP contribution >= 0.6 is 0 Å². The fraction of sp³-hybridized carbons (Fsp3) is 0.333. The molecule has 0 saturated heterocycles. The zero-order valence-corrected chi connectivity index (χ0v) is 9.07. The monoisotopic (exact) mass is 237 g/mol. The standard InChI is InChI=1S/C12H12FNO3/c13-9-4-2-1-3-8(9)7-14-10(15)12(5-6-12)11(16)17/h1-4H,5-7H2,(H,14,15)(H,16,17). The molecule has 1 amide bonds. The van der Waals surface area contributed by atoms with Gasteiger partial charge in [-0.25, -0.2) is 4.39 Å². The fourth-order valence-corrected chi connectivity index (χ4v) is 1.65. The van der Waals surface area contributed by atoms with Gasteiger partial charge in [0, 0.05) is 12.1 Å². The van der Waals surface area contributed by atoms with Crippen LogP contribution < -0.4 is 5.32 Å². The summed E-state index contributed by atoms with van der Waals surface area (Å²) >= 11 is 0. The van der Waals surface area contributed by atoms with Gasteiger partial charge in [0.15, 0.2) is 0 Å². The van der Waals surface area contributed by atoms with Gasteiger partial charge in [0.25, 0.3) is 0 Å². The highest BCUT2D eigenvalue weighted by Gasteiger charge is 2.56. The third kappa shape index (κ3) is 2.13.